The molecule has 122 valence electrons. The summed E-state index contributed by atoms with van der Waals surface area (Å²) in [5.41, 5.74) is 4.23. The largest absolute Gasteiger partial charge is 0.370 e. The van der Waals surface area contributed by atoms with E-state index in [0.717, 1.165) is 60.2 Å². The summed E-state index contributed by atoms with van der Waals surface area (Å²) >= 11 is 0. The van der Waals surface area contributed by atoms with Crippen LogP contribution in [0.2, 0.25) is 0 Å². The predicted molar refractivity (Wildman–Crippen MR) is 91.9 cm³/mol. The van der Waals surface area contributed by atoms with Crippen molar-refractivity contribution in [1.82, 2.24) is 24.1 Å². The van der Waals surface area contributed by atoms with Gasteiger partial charge in [0, 0.05) is 42.8 Å². The first kappa shape index (κ1) is 15.5. The summed E-state index contributed by atoms with van der Waals surface area (Å²) in [7, 11) is 0. The Kier molecular flexibility index (Phi) is 4.32. The van der Waals surface area contributed by atoms with E-state index < -0.39 is 0 Å². The zero-order valence-electron chi connectivity index (χ0n) is 14.3. The number of imidazole rings is 1. The average molecular weight is 312 g/mol. The summed E-state index contributed by atoms with van der Waals surface area (Å²) < 4.78 is 4.09. The van der Waals surface area contributed by atoms with Gasteiger partial charge in [0.1, 0.15) is 11.6 Å². The maximum absolute atomic E-state index is 4.70. The van der Waals surface area contributed by atoms with Crippen molar-refractivity contribution in [3.63, 3.8) is 0 Å². The molecule has 0 amide bonds. The Morgan fingerprint density at radius 3 is 2.74 bits per heavy atom. The molecule has 0 radical (unpaired) electrons. The molecule has 0 fully saturated rings. The van der Waals surface area contributed by atoms with Crippen molar-refractivity contribution in [3.05, 3.63) is 41.2 Å². The fraction of sp³-hybridized carbons (Fsp3) is 0.471. The van der Waals surface area contributed by atoms with Gasteiger partial charge in [0.15, 0.2) is 5.65 Å². The molecule has 0 saturated heterocycles. The normalized spacial score (nSPS) is 11.3. The van der Waals surface area contributed by atoms with Gasteiger partial charge in [0.25, 0.3) is 0 Å². The highest BCUT2D eigenvalue weighted by molar-refractivity contribution is 5.56. The lowest BCUT2D eigenvalue weighted by Crippen LogP contribution is -2.11. The van der Waals surface area contributed by atoms with E-state index in [2.05, 4.69) is 39.9 Å². The third-order valence-electron chi connectivity index (χ3n) is 4.28. The number of anilines is 1. The summed E-state index contributed by atoms with van der Waals surface area (Å²) in [4.78, 5) is 8.95. The number of nitrogens with zero attached hydrogens (tertiary/aromatic N) is 5. The molecule has 6 nitrogen and oxygen atoms in total. The van der Waals surface area contributed by atoms with Gasteiger partial charge in [-0.15, -0.1) is 0 Å². The fourth-order valence-corrected chi connectivity index (χ4v) is 2.69. The summed E-state index contributed by atoms with van der Waals surface area (Å²) in [6, 6.07) is 2.10. The van der Waals surface area contributed by atoms with Crippen molar-refractivity contribution in [2.45, 2.75) is 47.1 Å². The molecule has 0 aliphatic heterocycles. The van der Waals surface area contributed by atoms with Crippen molar-refractivity contribution in [1.29, 1.82) is 0 Å². The molecule has 3 heterocycles. The van der Waals surface area contributed by atoms with E-state index in [1.807, 2.05) is 30.8 Å². The lowest BCUT2D eigenvalue weighted by molar-refractivity contribution is 0.641. The van der Waals surface area contributed by atoms with Crippen molar-refractivity contribution in [2.24, 2.45) is 0 Å². The van der Waals surface area contributed by atoms with Crippen LogP contribution in [-0.4, -0.2) is 30.7 Å². The Morgan fingerprint density at radius 1 is 1.22 bits per heavy atom. The van der Waals surface area contributed by atoms with Crippen LogP contribution in [0.5, 0.6) is 0 Å². The lowest BCUT2D eigenvalue weighted by Gasteiger charge is -2.11. The monoisotopic (exact) mass is 312 g/mol. The minimum absolute atomic E-state index is 0.887. The van der Waals surface area contributed by atoms with E-state index in [0.29, 0.717) is 0 Å². The van der Waals surface area contributed by atoms with Gasteiger partial charge in [-0.1, -0.05) is 6.92 Å². The van der Waals surface area contributed by atoms with E-state index in [1.165, 1.54) is 0 Å². The molecule has 0 bridgehead atoms. The molecule has 0 spiro atoms. The van der Waals surface area contributed by atoms with E-state index in [9.17, 15) is 0 Å². The Hall–Kier alpha value is -2.37. The summed E-state index contributed by atoms with van der Waals surface area (Å²) in [5.74, 6) is 2.08. The van der Waals surface area contributed by atoms with Crippen molar-refractivity contribution < 1.29 is 0 Å². The molecule has 23 heavy (non-hydrogen) atoms. The van der Waals surface area contributed by atoms with Gasteiger partial charge < -0.3 is 9.88 Å². The van der Waals surface area contributed by atoms with Crippen LogP contribution in [0.15, 0.2) is 18.5 Å². The van der Waals surface area contributed by atoms with Crippen LogP contribution >= 0.6 is 0 Å². The van der Waals surface area contributed by atoms with E-state index in [-0.39, 0.29) is 0 Å². The molecule has 6 heteroatoms. The molecule has 3 rings (SSSR count). The highest BCUT2D eigenvalue weighted by atomic mass is 15.3. The molecule has 3 aromatic heterocycles. The number of hydrogen-bond acceptors (Lipinski definition) is 4. The Labute approximate surface area is 136 Å². The molecule has 1 N–H and O–H groups in total. The summed E-state index contributed by atoms with van der Waals surface area (Å²) in [5, 5.41) is 8.12. The average Bonchev–Trinajstić information content (AvgIpc) is 3.08. The molecule has 0 aliphatic carbocycles. The maximum Gasteiger partial charge on any atom is 0.160 e. The standard InChI is InChI=1S/C17H24N6/c1-5-15-11-16(23-17(20-15)12(2)13(3)21-23)19-7-6-9-22-10-8-18-14(22)4/h8,10-11,19H,5-7,9H2,1-4H3. The lowest BCUT2D eigenvalue weighted by atomic mass is 10.2. The van der Waals surface area contributed by atoms with Crippen LogP contribution in [0.4, 0.5) is 5.82 Å². The van der Waals surface area contributed by atoms with Crippen LogP contribution < -0.4 is 5.32 Å². The van der Waals surface area contributed by atoms with Crippen molar-refractivity contribution in [2.75, 3.05) is 11.9 Å². The van der Waals surface area contributed by atoms with Crippen molar-refractivity contribution in [3.8, 4) is 0 Å². The highest BCUT2D eigenvalue weighted by Gasteiger charge is 2.11. The maximum atomic E-state index is 4.70. The van der Waals surface area contributed by atoms with E-state index in [1.54, 1.807) is 0 Å². The smallest absolute Gasteiger partial charge is 0.160 e. The first-order valence-corrected chi connectivity index (χ1v) is 8.17. The Balaban J connectivity index is 1.74. The minimum atomic E-state index is 0.887. The number of hydrogen-bond donors (Lipinski definition) is 1. The first-order chi connectivity index (χ1) is 11.1. The number of fused-ring (bicyclic) bond motifs is 1. The molecular weight excluding hydrogens is 288 g/mol. The topological polar surface area (TPSA) is 60.0 Å². The van der Waals surface area contributed by atoms with Gasteiger partial charge in [0.05, 0.1) is 5.69 Å². The van der Waals surface area contributed by atoms with Gasteiger partial charge in [-0.3, -0.25) is 0 Å². The molecule has 3 aromatic rings. The Bertz CT molecular complexity index is 814. The highest BCUT2D eigenvalue weighted by Crippen LogP contribution is 2.18. The van der Waals surface area contributed by atoms with Gasteiger partial charge >= 0.3 is 0 Å². The molecular formula is C17H24N6. The number of nitrogens with one attached hydrogen (secondary N) is 1. The van der Waals surface area contributed by atoms with Gasteiger partial charge in [-0.05, 0) is 33.6 Å². The predicted octanol–water partition coefficient (Wildman–Crippen LogP) is 2.92. The molecule has 0 aromatic carbocycles. The van der Waals surface area contributed by atoms with Crippen LogP contribution in [0, 0.1) is 20.8 Å². The third kappa shape index (κ3) is 3.06. The van der Waals surface area contributed by atoms with Gasteiger partial charge in [0.2, 0.25) is 0 Å². The van der Waals surface area contributed by atoms with Crippen LogP contribution in [0.3, 0.4) is 0 Å². The second-order valence-electron chi connectivity index (χ2n) is 5.88. The molecule has 0 atom stereocenters. The number of aryl methyl sites for hydroxylation is 5. The summed E-state index contributed by atoms with van der Waals surface area (Å²) in [6.45, 7) is 10.1. The second kappa shape index (κ2) is 6.40. The van der Waals surface area contributed by atoms with Gasteiger partial charge in [-0.2, -0.15) is 9.61 Å². The zero-order valence-corrected chi connectivity index (χ0v) is 14.3. The Morgan fingerprint density at radius 2 is 2.04 bits per heavy atom. The first-order valence-electron chi connectivity index (χ1n) is 8.17. The van der Waals surface area contributed by atoms with Crippen LogP contribution in [0.1, 0.15) is 36.1 Å². The number of aromatic nitrogens is 5. The molecule has 0 unspecified atom stereocenters. The van der Waals surface area contributed by atoms with Crippen LogP contribution in [-0.2, 0) is 13.0 Å². The minimum Gasteiger partial charge on any atom is -0.370 e. The van der Waals surface area contributed by atoms with Crippen LogP contribution in [0.25, 0.3) is 5.65 Å². The quantitative estimate of drug-likeness (QED) is 0.711. The fourth-order valence-electron chi connectivity index (χ4n) is 2.69. The van der Waals surface area contributed by atoms with Crippen molar-refractivity contribution >= 4 is 11.5 Å². The molecule has 0 aliphatic rings. The third-order valence-corrected chi connectivity index (χ3v) is 4.28. The zero-order chi connectivity index (χ0) is 16.4. The summed E-state index contributed by atoms with van der Waals surface area (Å²) in [6.07, 6.45) is 5.82. The van der Waals surface area contributed by atoms with Gasteiger partial charge in [-0.25, -0.2) is 9.97 Å². The SMILES string of the molecule is CCc1cc(NCCCn2ccnc2C)n2nc(C)c(C)c2n1. The second-order valence-corrected chi connectivity index (χ2v) is 5.88. The number of rotatable bonds is 6. The van der Waals surface area contributed by atoms with E-state index in [4.69, 9.17) is 4.98 Å². The van der Waals surface area contributed by atoms with E-state index >= 15 is 0 Å². The molecule has 0 saturated carbocycles.